The van der Waals surface area contributed by atoms with Crippen molar-refractivity contribution in [3.63, 3.8) is 0 Å². The predicted molar refractivity (Wildman–Crippen MR) is 88.8 cm³/mol. The molecular formula is C18H21BrO. The fraction of sp³-hybridized carbons (Fsp3) is 0.333. The minimum atomic E-state index is 0.205. The van der Waals surface area contributed by atoms with E-state index in [4.69, 9.17) is 4.74 Å². The van der Waals surface area contributed by atoms with E-state index in [1.165, 1.54) is 16.7 Å². The van der Waals surface area contributed by atoms with Crippen molar-refractivity contribution >= 4 is 15.9 Å². The van der Waals surface area contributed by atoms with Crippen LogP contribution in [0.1, 0.15) is 35.4 Å². The number of hydrogen-bond donors (Lipinski definition) is 0. The second-order valence-electron chi connectivity index (χ2n) is 5.40. The van der Waals surface area contributed by atoms with Crippen molar-refractivity contribution in [3.05, 3.63) is 65.2 Å². The second-order valence-corrected chi connectivity index (χ2v) is 6.50. The Morgan fingerprint density at radius 2 is 1.75 bits per heavy atom. The van der Waals surface area contributed by atoms with Gasteiger partial charge < -0.3 is 4.74 Å². The maximum Gasteiger partial charge on any atom is 0.119 e. The average molecular weight is 333 g/mol. The van der Waals surface area contributed by atoms with E-state index in [9.17, 15) is 0 Å². The molecule has 1 nitrogen and oxygen atoms in total. The summed E-state index contributed by atoms with van der Waals surface area (Å²) in [5, 5.41) is 0. The van der Waals surface area contributed by atoms with Crippen LogP contribution in [-0.2, 0) is 6.42 Å². The number of halogens is 1. The van der Waals surface area contributed by atoms with Crippen LogP contribution in [0.25, 0.3) is 0 Å². The van der Waals surface area contributed by atoms with E-state index in [2.05, 4.69) is 65.3 Å². The first-order valence-corrected chi connectivity index (χ1v) is 7.92. The molecule has 2 rings (SSSR count). The minimum Gasteiger partial charge on any atom is -0.491 e. The smallest absolute Gasteiger partial charge is 0.119 e. The van der Waals surface area contributed by atoms with Crippen molar-refractivity contribution in [3.8, 4) is 5.75 Å². The lowest BCUT2D eigenvalue weighted by Crippen LogP contribution is -2.06. The maximum atomic E-state index is 5.75. The topological polar surface area (TPSA) is 9.23 Å². The van der Waals surface area contributed by atoms with Gasteiger partial charge in [0, 0.05) is 4.83 Å². The normalized spacial score (nSPS) is 12.4. The Bertz CT molecular complexity index is 546. The molecule has 0 amide bonds. The fourth-order valence-corrected chi connectivity index (χ4v) is 2.76. The highest BCUT2D eigenvalue weighted by atomic mass is 79.9. The molecule has 0 N–H and O–H groups in total. The molecule has 0 spiro atoms. The van der Waals surface area contributed by atoms with Crippen LogP contribution in [0, 0.1) is 6.92 Å². The van der Waals surface area contributed by atoms with E-state index in [0.717, 1.165) is 12.2 Å². The molecule has 0 heterocycles. The summed E-state index contributed by atoms with van der Waals surface area (Å²) in [5.41, 5.74) is 3.89. The zero-order valence-electron chi connectivity index (χ0n) is 12.3. The molecular weight excluding hydrogens is 312 g/mol. The summed E-state index contributed by atoms with van der Waals surface area (Å²) in [4.78, 5) is 0.306. The summed E-state index contributed by atoms with van der Waals surface area (Å²) in [7, 11) is 0. The van der Waals surface area contributed by atoms with Gasteiger partial charge in [-0.15, -0.1) is 0 Å². The van der Waals surface area contributed by atoms with Crippen LogP contribution in [0.2, 0.25) is 0 Å². The lowest BCUT2D eigenvalue weighted by molar-refractivity contribution is 0.242. The standard InChI is InChI=1S/C18H21BrO/c1-13(2)20-17-6-4-5-16(12-17)18(19)11-15-9-7-14(3)8-10-15/h4-10,12-13,18H,11H2,1-3H3. The van der Waals surface area contributed by atoms with E-state index >= 15 is 0 Å². The van der Waals surface area contributed by atoms with Crippen molar-refractivity contribution in [1.82, 2.24) is 0 Å². The first-order valence-electron chi connectivity index (χ1n) is 7.01. The average Bonchev–Trinajstić information content (AvgIpc) is 2.41. The van der Waals surface area contributed by atoms with Gasteiger partial charge >= 0.3 is 0 Å². The van der Waals surface area contributed by atoms with Crippen LogP contribution in [0.3, 0.4) is 0 Å². The third kappa shape index (κ3) is 4.38. The summed E-state index contributed by atoms with van der Waals surface area (Å²) < 4.78 is 5.75. The quantitative estimate of drug-likeness (QED) is 0.660. The number of aryl methyl sites for hydroxylation is 1. The molecule has 0 saturated heterocycles. The van der Waals surface area contributed by atoms with Crippen LogP contribution < -0.4 is 4.74 Å². The van der Waals surface area contributed by atoms with E-state index in [1.54, 1.807) is 0 Å². The lowest BCUT2D eigenvalue weighted by Gasteiger charge is -2.14. The van der Waals surface area contributed by atoms with Gasteiger partial charge in [-0.25, -0.2) is 0 Å². The van der Waals surface area contributed by atoms with Crippen LogP contribution in [0.4, 0.5) is 0 Å². The van der Waals surface area contributed by atoms with Gasteiger partial charge in [0.05, 0.1) is 6.10 Å². The Labute approximate surface area is 130 Å². The highest BCUT2D eigenvalue weighted by Crippen LogP contribution is 2.29. The number of hydrogen-bond acceptors (Lipinski definition) is 1. The molecule has 0 aliphatic heterocycles. The molecule has 2 aromatic rings. The second kappa shape index (κ2) is 6.94. The molecule has 0 aromatic heterocycles. The first kappa shape index (κ1) is 15.1. The number of rotatable bonds is 5. The molecule has 20 heavy (non-hydrogen) atoms. The summed E-state index contributed by atoms with van der Waals surface area (Å²) in [6.07, 6.45) is 1.18. The molecule has 0 saturated carbocycles. The highest BCUT2D eigenvalue weighted by Gasteiger charge is 2.10. The summed E-state index contributed by atoms with van der Waals surface area (Å²) in [5.74, 6) is 0.936. The van der Waals surface area contributed by atoms with Crippen molar-refractivity contribution < 1.29 is 4.74 Å². The number of alkyl halides is 1. The molecule has 1 unspecified atom stereocenters. The maximum absolute atomic E-state index is 5.75. The molecule has 0 radical (unpaired) electrons. The third-order valence-corrected chi connectivity index (χ3v) is 3.98. The first-order chi connectivity index (χ1) is 9.54. The SMILES string of the molecule is Cc1ccc(CC(Br)c2cccc(OC(C)C)c2)cc1. The number of ether oxygens (including phenoxy) is 1. The molecule has 0 aliphatic rings. The van der Waals surface area contributed by atoms with Crippen LogP contribution in [0.15, 0.2) is 48.5 Å². The summed E-state index contributed by atoms with van der Waals surface area (Å²) in [6, 6.07) is 17.0. The van der Waals surface area contributed by atoms with Gasteiger partial charge in [-0.1, -0.05) is 57.9 Å². The summed E-state index contributed by atoms with van der Waals surface area (Å²) in [6.45, 7) is 6.21. The molecule has 0 aliphatic carbocycles. The largest absolute Gasteiger partial charge is 0.491 e. The van der Waals surface area contributed by atoms with Gasteiger partial charge in [0.2, 0.25) is 0 Å². The molecule has 0 bridgehead atoms. The van der Waals surface area contributed by atoms with Crippen molar-refractivity contribution in [2.75, 3.05) is 0 Å². The van der Waals surface area contributed by atoms with E-state index in [0.29, 0.717) is 4.83 Å². The van der Waals surface area contributed by atoms with E-state index in [1.807, 2.05) is 19.9 Å². The predicted octanol–water partition coefficient (Wildman–Crippen LogP) is 5.46. The molecule has 2 aromatic carbocycles. The van der Waals surface area contributed by atoms with E-state index < -0.39 is 0 Å². The van der Waals surface area contributed by atoms with Gasteiger partial charge in [-0.05, 0) is 50.5 Å². The third-order valence-electron chi connectivity index (χ3n) is 3.13. The van der Waals surface area contributed by atoms with Gasteiger partial charge in [-0.2, -0.15) is 0 Å². The molecule has 1 atom stereocenters. The monoisotopic (exact) mass is 332 g/mol. The van der Waals surface area contributed by atoms with Gasteiger partial charge in [0.15, 0.2) is 0 Å². The fourth-order valence-electron chi connectivity index (χ4n) is 2.10. The van der Waals surface area contributed by atoms with Gasteiger partial charge in [-0.3, -0.25) is 0 Å². The Kier molecular flexibility index (Phi) is 5.24. The zero-order valence-corrected chi connectivity index (χ0v) is 13.9. The van der Waals surface area contributed by atoms with Crippen molar-refractivity contribution in [2.45, 2.75) is 38.1 Å². The summed E-state index contributed by atoms with van der Waals surface area (Å²) >= 11 is 3.79. The Balaban J connectivity index is 2.08. The molecule has 106 valence electrons. The van der Waals surface area contributed by atoms with Crippen molar-refractivity contribution in [1.29, 1.82) is 0 Å². The van der Waals surface area contributed by atoms with Crippen LogP contribution in [0.5, 0.6) is 5.75 Å². The Morgan fingerprint density at radius 1 is 1.05 bits per heavy atom. The highest BCUT2D eigenvalue weighted by molar-refractivity contribution is 9.09. The molecule has 0 fully saturated rings. The van der Waals surface area contributed by atoms with E-state index in [-0.39, 0.29) is 6.10 Å². The zero-order chi connectivity index (χ0) is 14.5. The van der Waals surface area contributed by atoms with Gasteiger partial charge in [0.1, 0.15) is 5.75 Å². The number of benzene rings is 2. The Hall–Kier alpha value is -1.28. The minimum absolute atomic E-state index is 0.205. The van der Waals surface area contributed by atoms with Crippen LogP contribution in [-0.4, -0.2) is 6.10 Å². The van der Waals surface area contributed by atoms with Crippen molar-refractivity contribution in [2.24, 2.45) is 0 Å². The lowest BCUT2D eigenvalue weighted by atomic mass is 10.0. The van der Waals surface area contributed by atoms with Crippen LogP contribution >= 0.6 is 15.9 Å². The molecule has 2 heteroatoms. The Morgan fingerprint density at radius 3 is 2.40 bits per heavy atom. The van der Waals surface area contributed by atoms with Gasteiger partial charge in [0.25, 0.3) is 0 Å².